The standard InChI is InChI=1S/C28H29BrN2O3/c1-3-17-14-21(29)15-18(4-2)25(17)30-26(32)22(12-16-8-6-5-7-9-16)31-27(33)23-19-10-11-20(13-19)24(23)28(31)34/h5-11,14-15,19-20,22-24H,3-4,12-13H2,1-2H3,(H,30,32)/t19-,20+,22-,23-,24+/m0/s1. The Morgan fingerprint density at radius 1 is 1.00 bits per heavy atom. The average molecular weight is 521 g/mol. The summed E-state index contributed by atoms with van der Waals surface area (Å²) in [6.07, 6.45) is 6.84. The van der Waals surface area contributed by atoms with Gasteiger partial charge in [-0.1, -0.05) is 72.3 Å². The van der Waals surface area contributed by atoms with Gasteiger partial charge >= 0.3 is 0 Å². The third-order valence-corrected chi connectivity index (χ3v) is 8.12. The molecule has 1 aliphatic heterocycles. The molecule has 1 saturated carbocycles. The average Bonchev–Trinajstić information content (AvgIpc) is 3.53. The summed E-state index contributed by atoms with van der Waals surface area (Å²) in [5, 5.41) is 3.13. The number of nitrogens with zero attached hydrogens (tertiary/aromatic N) is 1. The highest BCUT2D eigenvalue weighted by Gasteiger charge is 2.61. The zero-order valence-corrected chi connectivity index (χ0v) is 21.0. The van der Waals surface area contributed by atoms with Gasteiger partial charge in [0.05, 0.1) is 11.8 Å². The molecule has 5 atom stereocenters. The molecule has 5 rings (SSSR count). The third-order valence-electron chi connectivity index (χ3n) is 7.67. The number of aryl methyl sites for hydroxylation is 2. The van der Waals surface area contributed by atoms with Crippen LogP contribution in [0.3, 0.4) is 0 Å². The van der Waals surface area contributed by atoms with E-state index in [1.54, 1.807) is 0 Å². The van der Waals surface area contributed by atoms with Crippen LogP contribution in [0.4, 0.5) is 5.69 Å². The van der Waals surface area contributed by atoms with Gasteiger partial charge in [0.2, 0.25) is 17.7 Å². The molecule has 0 aromatic heterocycles. The van der Waals surface area contributed by atoms with Gasteiger partial charge in [-0.2, -0.15) is 0 Å². The van der Waals surface area contributed by atoms with Gasteiger partial charge in [-0.3, -0.25) is 19.3 Å². The van der Waals surface area contributed by atoms with Crippen molar-refractivity contribution in [3.05, 3.63) is 75.8 Å². The minimum absolute atomic E-state index is 0.113. The zero-order chi connectivity index (χ0) is 24.0. The predicted octanol–water partition coefficient (Wildman–Crippen LogP) is 4.93. The number of rotatable bonds is 7. The number of hydrogen-bond acceptors (Lipinski definition) is 3. The van der Waals surface area contributed by atoms with Gasteiger partial charge in [-0.25, -0.2) is 0 Å². The first-order valence-electron chi connectivity index (χ1n) is 12.1. The number of carbonyl (C=O) groups is 3. The number of amides is 3. The van der Waals surface area contributed by atoms with Gasteiger partial charge in [-0.15, -0.1) is 0 Å². The molecular formula is C28H29BrN2O3. The van der Waals surface area contributed by atoms with Crippen LogP contribution in [0.1, 0.15) is 37.0 Å². The smallest absolute Gasteiger partial charge is 0.248 e. The molecule has 2 aliphatic carbocycles. The highest BCUT2D eigenvalue weighted by molar-refractivity contribution is 9.10. The maximum atomic E-state index is 13.8. The first-order chi connectivity index (χ1) is 16.4. The number of fused-ring (bicyclic) bond motifs is 5. The fourth-order valence-electron chi connectivity index (χ4n) is 6.02. The summed E-state index contributed by atoms with van der Waals surface area (Å²) in [5.74, 6) is -1.10. The second kappa shape index (κ2) is 9.14. The second-order valence-corrected chi connectivity index (χ2v) is 10.5. The molecule has 1 saturated heterocycles. The van der Waals surface area contributed by atoms with Crippen molar-refractivity contribution in [2.75, 3.05) is 5.32 Å². The number of nitrogens with one attached hydrogen (secondary N) is 1. The number of likely N-dealkylation sites (tertiary alicyclic amines) is 1. The Hall–Kier alpha value is -2.73. The molecule has 0 spiro atoms. The van der Waals surface area contributed by atoms with Gasteiger partial charge < -0.3 is 5.32 Å². The van der Waals surface area contributed by atoms with Crippen LogP contribution < -0.4 is 5.32 Å². The monoisotopic (exact) mass is 520 g/mol. The quantitative estimate of drug-likeness (QED) is 0.415. The summed E-state index contributed by atoms with van der Waals surface area (Å²) in [7, 11) is 0. The first kappa shape index (κ1) is 23.0. The van der Waals surface area contributed by atoms with E-state index in [0.29, 0.717) is 6.42 Å². The second-order valence-electron chi connectivity index (χ2n) is 9.55. The third kappa shape index (κ3) is 3.82. The van der Waals surface area contributed by atoms with Crippen molar-refractivity contribution in [2.24, 2.45) is 23.7 Å². The van der Waals surface area contributed by atoms with E-state index >= 15 is 0 Å². The first-order valence-corrected chi connectivity index (χ1v) is 12.9. The van der Waals surface area contributed by atoms with Crippen LogP contribution in [-0.2, 0) is 33.6 Å². The van der Waals surface area contributed by atoms with Crippen LogP contribution in [0.2, 0.25) is 0 Å². The maximum absolute atomic E-state index is 13.8. The summed E-state index contributed by atoms with van der Waals surface area (Å²) in [5.41, 5.74) is 3.76. The summed E-state index contributed by atoms with van der Waals surface area (Å²) in [6, 6.07) is 12.8. The molecule has 5 nitrogen and oxygen atoms in total. The van der Waals surface area contributed by atoms with E-state index in [9.17, 15) is 14.4 Å². The summed E-state index contributed by atoms with van der Waals surface area (Å²) in [6.45, 7) is 4.10. The van der Waals surface area contributed by atoms with E-state index in [2.05, 4.69) is 47.2 Å². The fourth-order valence-corrected chi connectivity index (χ4v) is 6.57. The molecule has 3 aliphatic rings. The van der Waals surface area contributed by atoms with Gasteiger partial charge in [-0.05, 0) is 59.9 Å². The van der Waals surface area contributed by atoms with E-state index in [1.807, 2.05) is 42.5 Å². The van der Waals surface area contributed by atoms with Crippen molar-refractivity contribution >= 4 is 39.3 Å². The van der Waals surface area contributed by atoms with Gasteiger partial charge in [0.1, 0.15) is 6.04 Å². The lowest BCUT2D eigenvalue weighted by atomic mass is 9.85. The van der Waals surface area contributed by atoms with E-state index in [4.69, 9.17) is 0 Å². The molecule has 2 fully saturated rings. The Kier molecular flexibility index (Phi) is 6.19. The number of halogens is 1. The van der Waals surface area contributed by atoms with Crippen LogP contribution in [0.15, 0.2) is 59.1 Å². The Morgan fingerprint density at radius 2 is 1.56 bits per heavy atom. The largest absolute Gasteiger partial charge is 0.324 e. The van der Waals surface area contributed by atoms with Gasteiger partial charge in [0.15, 0.2) is 0 Å². The minimum atomic E-state index is -0.884. The Labute approximate surface area is 208 Å². The fraction of sp³-hybridized carbons (Fsp3) is 0.393. The molecule has 0 radical (unpaired) electrons. The van der Waals surface area contributed by atoms with Gasteiger partial charge in [0.25, 0.3) is 0 Å². The highest BCUT2D eigenvalue weighted by atomic mass is 79.9. The molecule has 1 N–H and O–H groups in total. The predicted molar refractivity (Wildman–Crippen MR) is 135 cm³/mol. The van der Waals surface area contributed by atoms with Crippen molar-refractivity contribution in [1.82, 2.24) is 4.90 Å². The molecule has 0 unspecified atom stereocenters. The number of imide groups is 1. The molecule has 3 amide bonds. The molecule has 176 valence electrons. The van der Waals surface area contributed by atoms with Crippen LogP contribution in [-0.4, -0.2) is 28.7 Å². The molecule has 34 heavy (non-hydrogen) atoms. The highest BCUT2D eigenvalue weighted by Crippen LogP contribution is 2.53. The molecule has 2 bridgehead atoms. The van der Waals surface area contributed by atoms with Crippen LogP contribution in [0.5, 0.6) is 0 Å². The van der Waals surface area contributed by atoms with E-state index in [1.165, 1.54) is 4.90 Å². The summed E-state index contributed by atoms with van der Waals surface area (Å²) < 4.78 is 0.973. The molecule has 6 heteroatoms. The topological polar surface area (TPSA) is 66.5 Å². The van der Waals surface area contributed by atoms with E-state index in [0.717, 1.165) is 46.1 Å². The lowest BCUT2D eigenvalue weighted by molar-refractivity contribution is -0.147. The Bertz CT molecular complexity index is 1120. The van der Waals surface area contributed by atoms with E-state index in [-0.39, 0.29) is 41.4 Å². The lowest BCUT2D eigenvalue weighted by Crippen LogP contribution is -2.49. The summed E-state index contributed by atoms with van der Waals surface area (Å²) in [4.78, 5) is 42.2. The van der Waals surface area contributed by atoms with Crippen LogP contribution in [0, 0.1) is 23.7 Å². The minimum Gasteiger partial charge on any atom is -0.324 e. The molecular weight excluding hydrogens is 492 g/mol. The maximum Gasteiger partial charge on any atom is 0.248 e. The van der Waals surface area contributed by atoms with Crippen LogP contribution in [0.25, 0.3) is 0 Å². The number of allylic oxidation sites excluding steroid dienone is 2. The van der Waals surface area contributed by atoms with Gasteiger partial charge in [0, 0.05) is 16.6 Å². The lowest BCUT2D eigenvalue weighted by Gasteiger charge is -2.28. The number of benzene rings is 2. The summed E-state index contributed by atoms with van der Waals surface area (Å²) >= 11 is 3.57. The van der Waals surface area contributed by atoms with E-state index < -0.39 is 6.04 Å². The van der Waals surface area contributed by atoms with Crippen molar-refractivity contribution in [3.63, 3.8) is 0 Å². The zero-order valence-electron chi connectivity index (χ0n) is 19.5. The Balaban J connectivity index is 1.50. The van der Waals surface area contributed by atoms with Crippen molar-refractivity contribution < 1.29 is 14.4 Å². The normalized spacial score (nSPS) is 25.7. The SMILES string of the molecule is CCc1cc(Br)cc(CC)c1NC(=O)[C@H](Cc1ccccc1)N1C(=O)[C@@H]2[C@H](C1=O)[C@@H]1C=C[C@H]2C1. The number of carbonyl (C=O) groups excluding carboxylic acids is 3. The van der Waals surface area contributed by atoms with Crippen molar-refractivity contribution in [2.45, 2.75) is 45.6 Å². The van der Waals surface area contributed by atoms with Crippen LogP contribution >= 0.6 is 15.9 Å². The molecule has 2 aromatic rings. The number of anilines is 1. The van der Waals surface area contributed by atoms with Crippen molar-refractivity contribution in [1.29, 1.82) is 0 Å². The Morgan fingerprint density at radius 3 is 2.09 bits per heavy atom. The molecule has 2 aromatic carbocycles. The number of hydrogen-bond donors (Lipinski definition) is 1. The van der Waals surface area contributed by atoms with Crippen molar-refractivity contribution in [3.8, 4) is 0 Å². The molecule has 1 heterocycles.